The summed E-state index contributed by atoms with van der Waals surface area (Å²) in [4.78, 5) is 12.8. The summed E-state index contributed by atoms with van der Waals surface area (Å²) in [7, 11) is 0. The van der Waals surface area contributed by atoms with Crippen molar-refractivity contribution in [1.82, 2.24) is 19.5 Å². The van der Waals surface area contributed by atoms with Gasteiger partial charge in [-0.2, -0.15) is 0 Å². The molecule has 0 atom stereocenters. The lowest BCUT2D eigenvalue weighted by Crippen LogP contribution is -2.00. The smallest absolute Gasteiger partial charge is 0.198 e. The fourth-order valence-corrected chi connectivity index (χ4v) is 2.34. The Kier molecular flexibility index (Phi) is 3.16. The van der Waals surface area contributed by atoms with Gasteiger partial charge < -0.3 is 4.57 Å². The number of aryl methyl sites for hydroxylation is 1. The van der Waals surface area contributed by atoms with E-state index in [9.17, 15) is 0 Å². The van der Waals surface area contributed by atoms with Gasteiger partial charge in [0.15, 0.2) is 11.6 Å². The van der Waals surface area contributed by atoms with Crippen molar-refractivity contribution in [3.63, 3.8) is 0 Å². The minimum atomic E-state index is 0.614. The number of nitrogens with zero attached hydrogens (tertiary/aromatic N) is 4. The Bertz CT molecular complexity index is 460. The van der Waals surface area contributed by atoms with Crippen LogP contribution in [-0.2, 0) is 6.54 Å². The molecule has 6 heteroatoms. The highest BCUT2D eigenvalue weighted by molar-refractivity contribution is 9.11. The van der Waals surface area contributed by atoms with Gasteiger partial charge in [-0.25, -0.2) is 15.0 Å². The first-order valence-corrected chi connectivity index (χ1v) is 6.01. The predicted molar refractivity (Wildman–Crippen MR) is 64.3 cm³/mol. The maximum absolute atomic E-state index is 4.28. The summed E-state index contributed by atoms with van der Waals surface area (Å²) in [5.41, 5.74) is 0. The molecule has 0 saturated heterocycles. The third-order valence-electron chi connectivity index (χ3n) is 1.92. The molecular formula is C9H8Br2N4. The number of hydrogen-bond acceptors (Lipinski definition) is 3. The maximum atomic E-state index is 4.28. The van der Waals surface area contributed by atoms with E-state index in [2.05, 4.69) is 53.7 Å². The van der Waals surface area contributed by atoms with Crippen molar-refractivity contribution in [1.29, 1.82) is 0 Å². The van der Waals surface area contributed by atoms with Crippen molar-refractivity contribution >= 4 is 31.9 Å². The van der Waals surface area contributed by atoms with Gasteiger partial charge in [0.05, 0.1) is 0 Å². The lowest BCUT2D eigenvalue weighted by Gasteiger charge is -2.03. The second-order valence-corrected chi connectivity index (χ2v) is 4.50. The summed E-state index contributed by atoms with van der Waals surface area (Å²) in [5, 5.41) is 0. The Hall–Kier alpha value is -0.750. The minimum absolute atomic E-state index is 0.614. The molecule has 0 unspecified atom stereocenters. The van der Waals surface area contributed by atoms with Gasteiger partial charge in [-0.15, -0.1) is 0 Å². The van der Waals surface area contributed by atoms with Crippen molar-refractivity contribution in [2.75, 3.05) is 0 Å². The molecule has 2 heterocycles. The molecule has 15 heavy (non-hydrogen) atoms. The molecule has 0 radical (unpaired) electrons. The zero-order valence-electron chi connectivity index (χ0n) is 7.98. The van der Waals surface area contributed by atoms with Crippen LogP contribution in [0.2, 0.25) is 0 Å². The highest BCUT2D eigenvalue weighted by atomic mass is 79.9. The van der Waals surface area contributed by atoms with Gasteiger partial charge in [0.1, 0.15) is 9.21 Å². The molecular weight excluding hydrogens is 324 g/mol. The van der Waals surface area contributed by atoms with Gasteiger partial charge in [-0.05, 0) is 38.8 Å². The third-order valence-corrected chi connectivity index (χ3v) is 2.73. The zero-order valence-corrected chi connectivity index (χ0v) is 11.2. The standard InChI is InChI=1S/C9H8Br2N4/c1-2-15-4-3-12-9(15)8-13-6(10)5-7(11)14-8/h3-5H,2H2,1H3. The molecule has 0 spiro atoms. The highest BCUT2D eigenvalue weighted by Gasteiger charge is 2.09. The van der Waals surface area contributed by atoms with Crippen LogP contribution in [-0.4, -0.2) is 19.5 Å². The molecule has 78 valence electrons. The van der Waals surface area contributed by atoms with Crippen LogP contribution in [0.4, 0.5) is 0 Å². The molecule has 0 aromatic carbocycles. The summed E-state index contributed by atoms with van der Waals surface area (Å²) in [5.74, 6) is 1.39. The summed E-state index contributed by atoms with van der Waals surface area (Å²) >= 11 is 6.65. The van der Waals surface area contributed by atoms with Crippen molar-refractivity contribution in [3.05, 3.63) is 27.7 Å². The van der Waals surface area contributed by atoms with E-state index < -0.39 is 0 Å². The second kappa shape index (κ2) is 4.40. The molecule has 4 nitrogen and oxygen atoms in total. The number of hydrogen-bond donors (Lipinski definition) is 0. The Labute approximate surface area is 104 Å². The first-order valence-electron chi connectivity index (χ1n) is 4.42. The van der Waals surface area contributed by atoms with Crippen LogP contribution in [0, 0.1) is 0 Å². The van der Waals surface area contributed by atoms with Gasteiger partial charge >= 0.3 is 0 Å². The van der Waals surface area contributed by atoms with Crippen molar-refractivity contribution in [3.8, 4) is 11.6 Å². The van der Waals surface area contributed by atoms with E-state index in [4.69, 9.17) is 0 Å². The Morgan fingerprint density at radius 3 is 2.53 bits per heavy atom. The Morgan fingerprint density at radius 2 is 1.93 bits per heavy atom. The topological polar surface area (TPSA) is 43.6 Å². The van der Waals surface area contributed by atoms with E-state index in [1.165, 1.54) is 0 Å². The Morgan fingerprint density at radius 1 is 1.27 bits per heavy atom. The average molecular weight is 332 g/mol. The number of aromatic nitrogens is 4. The third kappa shape index (κ3) is 2.26. The first kappa shape index (κ1) is 10.8. The number of rotatable bonds is 2. The molecule has 0 fully saturated rings. The van der Waals surface area contributed by atoms with E-state index in [1.54, 1.807) is 12.3 Å². The van der Waals surface area contributed by atoms with E-state index >= 15 is 0 Å². The summed E-state index contributed by atoms with van der Waals surface area (Å²) in [6, 6.07) is 1.79. The SMILES string of the molecule is CCn1ccnc1-c1nc(Br)cc(Br)n1. The molecule has 0 aliphatic heterocycles. The van der Waals surface area contributed by atoms with Crippen molar-refractivity contribution in [2.24, 2.45) is 0 Å². The molecule has 0 N–H and O–H groups in total. The van der Waals surface area contributed by atoms with Crippen molar-refractivity contribution < 1.29 is 0 Å². The summed E-state index contributed by atoms with van der Waals surface area (Å²) in [6.07, 6.45) is 3.66. The molecule has 0 bridgehead atoms. The van der Waals surface area contributed by atoms with E-state index in [0.717, 1.165) is 21.6 Å². The molecule has 0 saturated carbocycles. The average Bonchev–Trinajstić information content (AvgIpc) is 2.63. The monoisotopic (exact) mass is 330 g/mol. The van der Waals surface area contributed by atoms with Crippen LogP contribution < -0.4 is 0 Å². The van der Waals surface area contributed by atoms with Crippen LogP contribution in [0.3, 0.4) is 0 Å². The molecule has 0 aliphatic rings. The summed E-state index contributed by atoms with van der Waals surface area (Å²) in [6.45, 7) is 2.90. The van der Waals surface area contributed by atoms with Gasteiger partial charge in [-0.3, -0.25) is 0 Å². The molecule has 0 amide bonds. The normalized spacial score (nSPS) is 10.6. The van der Waals surface area contributed by atoms with Gasteiger partial charge in [-0.1, -0.05) is 0 Å². The van der Waals surface area contributed by atoms with Gasteiger partial charge in [0, 0.05) is 25.0 Å². The Balaban J connectivity index is 2.53. The largest absolute Gasteiger partial charge is 0.329 e. The van der Waals surface area contributed by atoms with Crippen LogP contribution in [0.1, 0.15) is 6.92 Å². The predicted octanol–water partition coefficient (Wildman–Crippen LogP) is 2.89. The van der Waals surface area contributed by atoms with E-state index in [0.29, 0.717) is 5.82 Å². The van der Waals surface area contributed by atoms with Gasteiger partial charge in [0.2, 0.25) is 0 Å². The quantitative estimate of drug-likeness (QED) is 0.795. The first-order chi connectivity index (χ1) is 7.20. The molecule has 0 aliphatic carbocycles. The zero-order chi connectivity index (χ0) is 10.8. The van der Waals surface area contributed by atoms with Crippen molar-refractivity contribution in [2.45, 2.75) is 13.5 Å². The highest BCUT2D eigenvalue weighted by Crippen LogP contribution is 2.19. The van der Waals surface area contributed by atoms with Gasteiger partial charge in [0.25, 0.3) is 0 Å². The minimum Gasteiger partial charge on any atom is -0.329 e. The maximum Gasteiger partial charge on any atom is 0.198 e. The number of halogens is 2. The fraction of sp³-hybridized carbons (Fsp3) is 0.222. The van der Waals surface area contributed by atoms with E-state index in [1.807, 2.05) is 10.8 Å². The number of imidazole rings is 1. The lowest BCUT2D eigenvalue weighted by molar-refractivity contribution is 0.763. The molecule has 2 rings (SSSR count). The van der Waals surface area contributed by atoms with E-state index in [-0.39, 0.29) is 0 Å². The summed E-state index contributed by atoms with van der Waals surface area (Å²) < 4.78 is 3.48. The van der Waals surface area contributed by atoms with Crippen LogP contribution in [0.25, 0.3) is 11.6 Å². The van der Waals surface area contributed by atoms with Crippen LogP contribution >= 0.6 is 31.9 Å². The molecule has 2 aromatic heterocycles. The fourth-order valence-electron chi connectivity index (χ4n) is 1.26. The molecule has 2 aromatic rings. The van der Waals surface area contributed by atoms with Crippen LogP contribution in [0.15, 0.2) is 27.7 Å². The second-order valence-electron chi connectivity index (χ2n) is 2.87. The van der Waals surface area contributed by atoms with Crippen LogP contribution in [0.5, 0.6) is 0 Å². The lowest BCUT2D eigenvalue weighted by atomic mass is 10.5.